The molecule has 12 heavy (non-hydrogen) atoms. The zero-order valence-electron chi connectivity index (χ0n) is 7.15. The molecule has 1 N–H and O–H groups in total. The van der Waals surface area contributed by atoms with E-state index in [-0.39, 0.29) is 24.8 Å². The fraction of sp³-hybridized carbons (Fsp3) is 0.375. The second-order valence-corrected chi connectivity index (χ2v) is 2.29. The lowest BCUT2D eigenvalue weighted by Gasteiger charge is -2.08. The van der Waals surface area contributed by atoms with Crippen LogP contribution < -0.4 is 5.32 Å². The lowest BCUT2D eigenvalue weighted by atomic mass is 10.1. The van der Waals surface area contributed by atoms with Gasteiger partial charge < -0.3 is 5.32 Å². The van der Waals surface area contributed by atoms with E-state index in [1.54, 1.807) is 0 Å². The largest absolute Gasteiger partial charge is 0.313 e. The summed E-state index contributed by atoms with van der Waals surface area (Å²) in [6, 6.07) is 4.45. The summed E-state index contributed by atoms with van der Waals surface area (Å²) in [7, 11) is 1.95. The molecule has 1 heterocycles. The number of hydrogen-bond donors (Lipinski definition) is 1. The van der Waals surface area contributed by atoms with Crippen LogP contribution in [0.4, 0.5) is 0 Å². The van der Waals surface area contributed by atoms with Crippen LogP contribution in [0.15, 0.2) is 24.5 Å². The van der Waals surface area contributed by atoms with Gasteiger partial charge in [0.05, 0.1) is 0 Å². The molecular weight excluding hydrogens is 195 g/mol. The Hall–Kier alpha value is -0.310. The van der Waals surface area contributed by atoms with E-state index in [9.17, 15) is 0 Å². The van der Waals surface area contributed by atoms with Gasteiger partial charge in [-0.15, -0.1) is 24.8 Å². The van der Waals surface area contributed by atoms with E-state index < -0.39 is 0 Å². The first kappa shape index (κ1) is 14.2. The van der Waals surface area contributed by atoms with E-state index in [2.05, 4.69) is 17.2 Å². The molecule has 70 valence electrons. The Morgan fingerprint density at radius 1 is 1.25 bits per heavy atom. The van der Waals surface area contributed by atoms with Gasteiger partial charge in [0.15, 0.2) is 0 Å². The maximum absolute atomic E-state index is 3.93. The van der Waals surface area contributed by atoms with E-state index >= 15 is 0 Å². The standard InChI is InChI=1S/C8H12N2.2ClH/c1-7(9-2)8-3-5-10-6-4-8;;/h3-7,9H,1-2H3;2*1H. The summed E-state index contributed by atoms with van der Waals surface area (Å²) in [5.41, 5.74) is 1.28. The molecule has 1 unspecified atom stereocenters. The third kappa shape index (κ3) is 3.90. The Morgan fingerprint density at radius 2 is 1.75 bits per heavy atom. The van der Waals surface area contributed by atoms with Gasteiger partial charge in [0.1, 0.15) is 0 Å². The van der Waals surface area contributed by atoms with Crippen molar-refractivity contribution in [3.8, 4) is 0 Å². The van der Waals surface area contributed by atoms with E-state index in [0.29, 0.717) is 6.04 Å². The molecule has 0 saturated carbocycles. The van der Waals surface area contributed by atoms with Gasteiger partial charge in [0, 0.05) is 18.4 Å². The van der Waals surface area contributed by atoms with Crippen LogP contribution in [-0.2, 0) is 0 Å². The number of pyridine rings is 1. The van der Waals surface area contributed by atoms with Gasteiger partial charge in [-0.1, -0.05) is 0 Å². The van der Waals surface area contributed by atoms with E-state index in [1.165, 1.54) is 5.56 Å². The molecule has 0 saturated heterocycles. The van der Waals surface area contributed by atoms with Gasteiger partial charge in [-0.25, -0.2) is 0 Å². The minimum atomic E-state index is 0. The first-order chi connectivity index (χ1) is 4.84. The third-order valence-corrected chi connectivity index (χ3v) is 1.64. The zero-order chi connectivity index (χ0) is 7.40. The summed E-state index contributed by atoms with van der Waals surface area (Å²) in [5, 5.41) is 3.15. The SMILES string of the molecule is CNC(C)c1ccncc1.Cl.Cl. The zero-order valence-corrected chi connectivity index (χ0v) is 8.78. The molecule has 1 aromatic heterocycles. The fourth-order valence-corrected chi connectivity index (χ4v) is 0.819. The fourth-order valence-electron chi connectivity index (χ4n) is 0.819. The highest BCUT2D eigenvalue weighted by Gasteiger charge is 1.98. The van der Waals surface area contributed by atoms with Crippen LogP contribution in [0.2, 0.25) is 0 Å². The van der Waals surface area contributed by atoms with Crippen LogP contribution in [0.1, 0.15) is 18.5 Å². The highest BCUT2D eigenvalue weighted by Crippen LogP contribution is 2.08. The van der Waals surface area contributed by atoms with Gasteiger partial charge in [-0.05, 0) is 31.7 Å². The van der Waals surface area contributed by atoms with Crippen molar-refractivity contribution in [3.63, 3.8) is 0 Å². The second kappa shape index (κ2) is 7.35. The number of rotatable bonds is 2. The van der Waals surface area contributed by atoms with Crippen LogP contribution in [0, 0.1) is 0 Å². The van der Waals surface area contributed by atoms with Crippen molar-refractivity contribution >= 4 is 24.8 Å². The van der Waals surface area contributed by atoms with Crippen molar-refractivity contribution in [3.05, 3.63) is 30.1 Å². The minimum absolute atomic E-state index is 0. The quantitative estimate of drug-likeness (QED) is 0.807. The van der Waals surface area contributed by atoms with Crippen molar-refractivity contribution in [1.29, 1.82) is 0 Å². The summed E-state index contributed by atoms with van der Waals surface area (Å²) >= 11 is 0. The minimum Gasteiger partial charge on any atom is -0.313 e. The summed E-state index contributed by atoms with van der Waals surface area (Å²) in [5.74, 6) is 0. The molecule has 0 aliphatic carbocycles. The van der Waals surface area contributed by atoms with Crippen LogP contribution in [0.3, 0.4) is 0 Å². The number of nitrogens with one attached hydrogen (secondary N) is 1. The Bertz CT molecular complexity index is 192. The molecule has 0 amide bonds. The van der Waals surface area contributed by atoms with Gasteiger partial charge in [-0.2, -0.15) is 0 Å². The average Bonchev–Trinajstić information content (AvgIpc) is 2.05. The molecule has 0 aromatic carbocycles. The second-order valence-electron chi connectivity index (χ2n) is 2.29. The third-order valence-electron chi connectivity index (χ3n) is 1.64. The van der Waals surface area contributed by atoms with Crippen molar-refractivity contribution in [2.45, 2.75) is 13.0 Å². The summed E-state index contributed by atoms with van der Waals surface area (Å²) in [6.07, 6.45) is 3.62. The van der Waals surface area contributed by atoms with Crippen LogP contribution in [0.5, 0.6) is 0 Å². The number of nitrogens with zero attached hydrogens (tertiary/aromatic N) is 1. The predicted octanol–water partition coefficient (Wildman–Crippen LogP) is 2.21. The Morgan fingerprint density at radius 3 is 2.17 bits per heavy atom. The molecule has 1 atom stereocenters. The highest BCUT2D eigenvalue weighted by molar-refractivity contribution is 5.85. The van der Waals surface area contributed by atoms with Gasteiger partial charge in [-0.3, -0.25) is 4.98 Å². The molecular formula is C8H14Cl2N2. The molecule has 0 aliphatic rings. The Labute approximate surface area is 85.6 Å². The molecule has 0 radical (unpaired) electrons. The first-order valence-corrected chi connectivity index (χ1v) is 3.42. The first-order valence-electron chi connectivity index (χ1n) is 3.42. The smallest absolute Gasteiger partial charge is 0.0290 e. The van der Waals surface area contributed by atoms with Crippen molar-refractivity contribution in [2.24, 2.45) is 0 Å². The number of hydrogen-bond acceptors (Lipinski definition) is 2. The molecule has 0 fully saturated rings. The van der Waals surface area contributed by atoms with Gasteiger partial charge in [0.25, 0.3) is 0 Å². The van der Waals surface area contributed by atoms with E-state index in [1.807, 2.05) is 31.6 Å². The number of aromatic nitrogens is 1. The normalized spacial score (nSPS) is 10.8. The monoisotopic (exact) mass is 208 g/mol. The molecule has 1 aromatic rings. The number of halogens is 2. The summed E-state index contributed by atoms with van der Waals surface area (Å²) < 4.78 is 0. The molecule has 0 aliphatic heterocycles. The van der Waals surface area contributed by atoms with Crippen LogP contribution in [0.25, 0.3) is 0 Å². The molecule has 0 spiro atoms. The molecule has 4 heteroatoms. The van der Waals surface area contributed by atoms with Crippen molar-refractivity contribution < 1.29 is 0 Å². The lowest BCUT2D eigenvalue weighted by molar-refractivity contribution is 0.651. The maximum atomic E-state index is 3.93. The Balaban J connectivity index is 0. The van der Waals surface area contributed by atoms with Crippen LogP contribution >= 0.6 is 24.8 Å². The molecule has 1 rings (SSSR count). The lowest BCUT2D eigenvalue weighted by Crippen LogP contribution is -2.11. The van der Waals surface area contributed by atoms with Gasteiger partial charge in [0.2, 0.25) is 0 Å². The van der Waals surface area contributed by atoms with Crippen molar-refractivity contribution in [1.82, 2.24) is 10.3 Å². The van der Waals surface area contributed by atoms with E-state index in [4.69, 9.17) is 0 Å². The van der Waals surface area contributed by atoms with Crippen LogP contribution in [-0.4, -0.2) is 12.0 Å². The van der Waals surface area contributed by atoms with E-state index in [0.717, 1.165) is 0 Å². The maximum Gasteiger partial charge on any atom is 0.0290 e. The average molecular weight is 209 g/mol. The summed E-state index contributed by atoms with van der Waals surface area (Å²) in [4.78, 5) is 3.93. The van der Waals surface area contributed by atoms with Gasteiger partial charge >= 0.3 is 0 Å². The predicted molar refractivity (Wildman–Crippen MR) is 56.2 cm³/mol. The topological polar surface area (TPSA) is 24.9 Å². The van der Waals surface area contributed by atoms with Crippen molar-refractivity contribution in [2.75, 3.05) is 7.05 Å². The Kier molecular flexibility index (Phi) is 8.71. The highest BCUT2D eigenvalue weighted by atomic mass is 35.5. The molecule has 2 nitrogen and oxygen atoms in total. The molecule has 0 bridgehead atoms. The summed E-state index contributed by atoms with van der Waals surface area (Å²) in [6.45, 7) is 2.12.